The molecule has 0 spiro atoms. The fraction of sp³-hybridized carbons (Fsp3) is 0.312. The van der Waals surface area contributed by atoms with Gasteiger partial charge in [0.05, 0.1) is 0 Å². The van der Waals surface area contributed by atoms with Crippen LogP contribution >= 0.6 is 11.8 Å². The Morgan fingerprint density at radius 2 is 2.21 bits per heavy atom. The summed E-state index contributed by atoms with van der Waals surface area (Å²) in [5, 5.41) is 4.26. The number of rotatable bonds is 4. The molecule has 2 heterocycles. The molecule has 0 amide bonds. The Morgan fingerprint density at radius 3 is 3.00 bits per heavy atom. The highest BCUT2D eigenvalue weighted by molar-refractivity contribution is 8.00. The van der Waals surface area contributed by atoms with Crippen LogP contribution in [-0.4, -0.2) is 16.8 Å². The number of fused-ring (bicyclic) bond motifs is 1. The molecule has 1 N–H and O–H groups in total. The van der Waals surface area contributed by atoms with E-state index in [4.69, 9.17) is 0 Å². The average molecular weight is 270 g/mol. The first-order valence-corrected chi connectivity index (χ1v) is 7.59. The van der Waals surface area contributed by atoms with Gasteiger partial charge in [-0.25, -0.2) is 0 Å². The summed E-state index contributed by atoms with van der Waals surface area (Å²) in [4.78, 5) is 5.62. The maximum Gasteiger partial charge on any atom is 0.0315 e. The Hall–Kier alpha value is -1.32. The minimum absolute atomic E-state index is 0.359. The molecule has 2 unspecified atom stereocenters. The van der Waals surface area contributed by atoms with Gasteiger partial charge in [0, 0.05) is 35.1 Å². The van der Waals surface area contributed by atoms with Crippen molar-refractivity contribution in [2.24, 2.45) is 0 Å². The summed E-state index contributed by atoms with van der Waals surface area (Å²) in [5.74, 6) is 0. The van der Waals surface area contributed by atoms with Gasteiger partial charge in [0.15, 0.2) is 0 Å². The van der Waals surface area contributed by atoms with E-state index >= 15 is 0 Å². The normalized spacial score (nSPS) is 19.1. The molecule has 2 nitrogen and oxygen atoms in total. The molecule has 0 saturated heterocycles. The van der Waals surface area contributed by atoms with Gasteiger partial charge in [0.2, 0.25) is 0 Å². The highest BCUT2D eigenvalue weighted by Gasteiger charge is 2.21. The van der Waals surface area contributed by atoms with E-state index in [1.807, 2.05) is 30.2 Å². The van der Waals surface area contributed by atoms with Crippen molar-refractivity contribution in [2.75, 3.05) is 6.54 Å². The Balaban J connectivity index is 1.55. The van der Waals surface area contributed by atoms with Gasteiger partial charge >= 0.3 is 0 Å². The highest BCUT2D eigenvalue weighted by Crippen LogP contribution is 2.36. The standard InChI is InChI=1S/C16H18N2S/c1-12(14-6-4-8-17-10-14)18-11-15-9-13-5-2-3-7-16(13)19-15/h2-8,10,12,15,18H,9,11H2,1H3. The summed E-state index contributed by atoms with van der Waals surface area (Å²) in [6.07, 6.45) is 4.93. The minimum atomic E-state index is 0.359. The van der Waals surface area contributed by atoms with Gasteiger partial charge in [-0.05, 0) is 36.6 Å². The maximum atomic E-state index is 4.17. The van der Waals surface area contributed by atoms with E-state index in [1.165, 1.54) is 22.4 Å². The molecule has 0 radical (unpaired) electrons. The second-order valence-electron chi connectivity index (χ2n) is 4.97. The van der Waals surface area contributed by atoms with Crippen LogP contribution in [0.5, 0.6) is 0 Å². The SMILES string of the molecule is CC(NCC1Cc2ccccc2S1)c1cccnc1. The molecule has 2 atom stereocenters. The molecule has 0 bridgehead atoms. The summed E-state index contributed by atoms with van der Waals surface area (Å²) < 4.78 is 0. The van der Waals surface area contributed by atoms with E-state index in [0.29, 0.717) is 11.3 Å². The Kier molecular flexibility index (Phi) is 3.85. The van der Waals surface area contributed by atoms with Gasteiger partial charge in [0.25, 0.3) is 0 Å². The lowest BCUT2D eigenvalue weighted by Gasteiger charge is -2.16. The quantitative estimate of drug-likeness (QED) is 0.921. The van der Waals surface area contributed by atoms with E-state index < -0.39 is 0 Å². The number of pyridine rings is 1. The third-order valence-corrected chi connectivity index (χ3v) is 4.87. The lowest BCUT2D eigenvalue weighted by molar-refractivity contribution is 0.565. The van der Waals surface area contributed by atoms with Gasteiger partial charge < -0.3 is 5.32 Å². The molecule has 2 aromatic rings. The maximum absolute atomic E-state index is 4.17. The Morgan fingerprint density at radius 1 is 1.32 bits per heavy atom. The largest absolute Gasteiger partial charge is 0.309 e. The smallest absolute Gasteiger partial charge is 0.0315 e. The second kappa shape index (κ2) is 5.76. The molecular weight excluding hydrogens is 252 g/mol. The zero-order valence-electron chi connectivity index (χ0n) is 11.0. The first kappa shape index (κ1) is 12.7. The number of aromatic nitrogens is 1. The Bertz CT molecular complexity index is 516. The molecule has 3 heteroatoms. The van der Waals surface area contributed by atoms with Crippen LogP contribution in [0.2, 0.25) is 0 Å². The predicted molar refractivity (Wildman–Crippen MR) is 80.4 cm³/mol. The van der Waals surface area contributed by atoms with Gasteiger partial charge in [-0.3, -0.25) is 4.98 Å². The van der Waals surface area contributed by atoms with Crippen LogP contribution in [0.15, 0.2) is 53.7 Å². The van der Waals surface area contributed by atoms with Gasteiger partial charge in [-0.1, -0.05) is 24.3 Å². The first-order chi connectivity index (χ1) is 9.33. The van der Waals surface area contributed by atoms with Crippen molar-refractivity contribution in [3.63, 3.8) is 0 Å². The number of hydrogen-bond donors (Lipinski definition) is 1. The van der Waals surface area contributed by atoms with E-state index in [0.717, 1.165) is 6.54 Å². The van der Waals surface area contributed by atoms with Crippen LogP contribution in [0.1, 0.15) is 24.1 Å². The topological polar surface area (TPSA) is 24.9 Å². The number of nitrogens with one attached hydrogen (secondary N) is 1. The van der Waals surface area contributed by atoms with Crippen molar-refractivity contribution in [2.45, 2.75) is 29.5 Å². The summed E-state index contributed by atoms with van der Waals surface area (Å²) >= 11 is 2.00. The van der Waals surface area contributed by atoms with Crippen molar-refractivity contribution in [3.8, 4) is 0 Å². The van der Waals surface area contributed by atoms with E-state index in [1.54, 1.807) is 0 Å². The number of benzene rings is 1. The van der Waals surface area contributed by atoms with Gasteiger partial charge in [-0.15, -0.1) is 11.8 Å². The molecule has 1 aliphatic heterocycles. The summed E-state index contributed by atoms with van der Waals surface area (Å²) in [6.45, 7) is 3.24. The monoisotopic (exact) mass is 270 g/mol. The Labute approximate surface area is 118 Å². The molecule has 0 aliphatic carbocycles. The van der Waals surface area contributed by atoms with E-state index in [-0.39, 0.29) is 0 Å². The lowest BCUT2D eigenvalue weighted by atomic mass is 10.1. The fourth-order valence-electron chi connectivity index (χ4n) is 2.43. The highest BCUT2D eigenvalue weighted by atomic mass is 32.2. The molecule has 0 fully saturated rings. The summed E-state index contributed by atoms with van der Waals surface area (Å²) in [6, 6.07) is 13.2. The van der Waals surface area contributed by atoms with E-state index in [9.17, 15) is 0 Å². The molecule has 3 rings (SSSR count). The zero-order chi connectivity index (χ0) is 13.1. The molecule has 1 aromatic heterocycles. The van der Waals surface area contributed by atoms with Crippen molar-refractivity contribution < 1.29 is 0 Å². The lowest BCUT2D eigenvalue weighted by Crippen LogP contribution is -2.27. The molecule has 19 heavy (non-hydrogen) atoms. The van der Waals surface area contributed by atoms with Crippen LogP contribution in [0.25, 0.3) is 0 Å². The van der Waals surface area contributed by atoms with Crippen LogP contribution in [-0.2, 0) is 6.42 Å². The molecule has 1 aliphatic rings. The van der Waals surface area contributed by atoms with Gasteiger partial charge in [0.1, 0.15) is 0 Å². The summed E-state index contributed by atoms with van der Waals surface area (Å²) in [5.41, 5.74) is 2.75. The van der Waals surface area contributed by atoms with Crippen molar-refractivity contribution in [1.29, 1.82) is 0 Å². The van der Waals surface area contributed by atoms with Gasteiger partial charge in [-0.2, -0.15) is 0 Å². The average Bonchev–Trinajstić information content (AvgIpc) is 2.88. The first-order valence-electron chi connectivity index (χ1n) is 6.71. The predicted octanol–water partition coefficient (Wildman–Crippen LogP) is 3.45. The number of nitrogens with zero attached hydrogens (tertiary/aromatic N) is 1. The molecule has 98 valence electrons. The van der Waals surface area contributed by atoms with Crippen LogP contribution in [0, 0.1) is 0 Å². The fourth-order valence-corrected chi connectivity index (χ4v) is 3.69. The van der Waals surface area contributed by atoms with Crippen molar-refractivity contribution in [3.05, 3.63) is 59.9 Å². The molecular formula is C16H18N2S. The van der Waals surface area contributed by atoms with Crippen molar-refractivity contribution >= 4 is 11.8 Å². The third-order valence-electron chi connectivity index (χ3n) is 3.55. The van der Waals surface area contributed by atoms with Crippen molar-refractivity contribution in [1.82, 2.24) is 10.3 Å². The minimum Gasteiger partial charge on any atom is -0.309 e. The number of hydrogen-bond acceptors (Lipinski definition) is 3. The van der Waals surface area contributed by atoms with Crippen LogP contribution in [0.4, 0.5) is 0 Å². The summed E-state index contributed by atoms with van der Waals surface area (Å²) in [7, 11) is 0. The van der Waals surface area contributed by atoms with E-state index in [2.05, 4.69) is 47.6 Å². The van der Waals surface area contributed by atoms with Crippen LogP contribution < -0.4 is 5.32 Å². The second-order valence-corrected chi connectivity index (χ2v) is 6.31. The third kappa shape index (κ3) is 2.99. The number of thioether (sulfide) groups is 1. The molecule has 0 saturated carbocycles. The van der Waals surface area contributed by atoms with Crippen LogP contribution in [0.3, 0.4) is 0 Å². The molecule has 1 aromatic carbocycles. The zero-order valence-corrected chi connectivity index (χ0v) is 11.9.